The van der Waals surface area contributed by atoms with E-state index in [1.807, 2.05) is 20.8 Å². The molecule has 6 heteroatoms. The first-order chi connectivity index (χ1) is 10.6. The number of pyridine rings is 1. The van der Waals surface area contributed by atoms with E-state index >= 15 is 0 Å². The van der Waals surface area contributed by atoms with Crippen LogP contribution in [0.3, 0.4) is 0 Å². The predicted octanol–water partition coefficient (Wildman–Crippen LogP) is 3.90. The van der Waals surface area contributed by atoms with E-state index in [-0.39, 0.29) is 0 Å². The lowest BCUT2D eigenvalue weighted by Gasteiger charge is -2.10. The Hall–Kier alpha value is -1.87. The van der Waals surface area contributed by atoms with Crippen molar-refractivity contribution < 1.29 is 4.52 Å². The van der Waals surface area contributed by atoms with Crippen molar-refractivity contribution in [1.29, 1.82) is 5.26 Å². The first kappa shape index (κ1) is 16.5. The number of rotatable bonds is 6. The van der Waals surface area contributed by atoms with Crippen molar-refractivity contribution >= 4 is 11.8 Å². The average molecular weight is 316 g/mol. The van der Waals surface area contributed by atoms with Crippen molar-refractivity contribution in [3.63, 3.8) is 0 Å². The van der Waals surface area contributed by atoms with Gasteiger partial charge < -0.3 is 4.52 Å². The van der Waals surface area contributed by atoms with Crippen LogP contribution in [-0.2, 0) is 12.2 Å². The summed E-state index contributed by atoms with van der Waals surface area (Å²) in [4.78, 5) is 8.90. The summed E-state index contributed by atoms with van der Waals surface area (Å²) in [7, 11) is 0. The first-order valence-corrected chi connectivity index (χ1v) is 8.37. The molecule has 0 unspecified atom stereocenters. The zero-order valence-corrected chi connectivity index (χ0v) is 14.3. The van der Waals surface area contributed by atoms with Crippen LogP contribution >= 0.6 is 11.8 Å². The lowest BCUT2D eigenvalue weighted by Crippen LogP contribution is -1.99. The molecule has 0 N–H and O–H groups in total. The van der Waals surface area contributed by atoms with Crippen molar-refractivity contribution in [3.05, 3.63) is 34.1 Å². The molecule has 0 aliphatic heterocycles. The Morgan fingerprint density at radius 3 is 2.64 bits per heavy atom. The van der Waals surface area contributed by atoms with Crippen LogP contribution < -0.4 is 0 Å². The molecule has 0 fully saturated rings. The minimum absolute atomic E-state index is 0.531. The van der Waals surface area contributed by atoms with Gasteiger partial charge in [-0.15, -0.1) is 0 Å². The zero-order valence-electron chi connectivity index (χ0n) is 13.4. The average Bonchev–Trinajstić information content (AvgIpc) is 2.96. The molecule has 22 heavy (non-hydrogen) atoms. The molecule has 2 rings (SSSR count). The Morgan fingerprint density at radius 1 is 1.18 bits per heavy atom. The molecule has 0 aliphatic carbocycles. The van der Waals surface area contributed by atoms with Crippen LogP contribution in [0.5, 0.6) is 0 Å². The van der Waals surface area contributed by atoms with Crippen LogP contribution in [-0.4, -0.2) is 15.1 Å². The SMILES string of the molecule is CCCCc1noc(CSc2nc(C)c(C)c(C)c2C#N)n1. The molecule has 0 aromatic carbocycles. The maximum absolute atomic E-state index is 9.36. The largest absolute Gasteiger partial charge is 0.338 e. The standard InChI is InChI=1S/C16H20N4OS/c1-5-6-7-14-19-15(21-20-14)9-22-16-13(8-17)11(3)10(2)12(4)18-16/h5-7,9H2,1-4H3. The number of hydrogen-bond donors (Lipinski definition) is 0. The minimum atomic E-state index is 0.531. The molecule has 0 spiro atoms. The summed E-state index contributed by atoms with van der Waals surface area (Å²) in [6.45, 7) is 8.05. The fourth-order valence-corrected chi connectivity index (χ4v) is 2.98. The summed E-state index contributed by atoms with van der Waals surface area (Å²) in [5.74, 6) is 1.86. The van der Waals surface area contributed by atoms with Gasteiger partial charge in [-0.05, 0) is 38.3 Å². The normalized spacial score (nSPS) is 10.7. The van der Waals surface area contributed by atoms with E-state index in [1.54, 1.807) is 0 Å². The Kier molecular flexibility index (Phi) is 5.56. The van der Waals surface area contributed by atoms with Crippen molar-refractivity contribution in [2.24, 2.45) is 0 Å². The summed E-state index contributed by atoms with van der Waals surface area (Å²) in [6.07, 6.45) is 3.01. The molecule has 0 saturated carbocycles. The van der Waals surface area contributed by atoms with E-state index in [9.17, 15) is 5.26 Å². The molecular weight excluding hydrogens is 296 g/mol. The number of nitrogens with zero attached hydrogens (tertiary/aromatic N) is 4. The first-order valence-electron chi connectivity index (χ1n) is 7.39. The fraction of sp³-hybridized carbons (Fsp3) is 0.500. The van der Waals surface area contributed by atoms with E-state index in [0.717, 1.165) is 46.9 Å². The molecular formula is C16H20N4OS. The quantitative estimate of drug-likeness (QED) is 0.752. The minimum Gasteiger partial charge on any atom is -0.338 e. The molecule has 2 aromatic heterocycles. The van der Waals surface area contributed by atoms with Crippen LogP contribution in [0.15, 0.2) is 9.55 Å². The fourth-order valence-electron chi connectivity index (χ4n) is 2.06. The van der Waals surface area contributed by atoms with E-state index in [1.165, 1.54) is 11.8 Å². The van der Waals surface area contributed by atoms with Gasteiger partial charge in [0.05, 0.1) is 11.3 Å². The van der Waals surface area contributed by atoms with Crippen LogP contribution in [0.1, 0.15) is 53.9 Å². The molecule has 0 saturated heterocycles. The van der Waals surface area contributed by atoms with Gasteiger partial charge in [0.15, 0.2) is 5.82 Å². The Labute approximate surface area is 135 Å². The van der Waals surface area contributed by atoms with Gasteiger partial charge in [0.1, 0.15) is 11.1 Å². The topological polar surface area (TPSA) is 75.6 Å². The summed E-state index contributed by atoms with van der Waals surface area (Å²) in [5, 5.41) is 14.1. The third kappa shape index (κ3) is 3.66. The van der Waals surface area contributed by atoms with Gasteiger partial charge in [0.2, 0.25) is 5.89 Å². The number of hydrogen-bond acceptors (Lipinski definition) is 6. The highest BCUT2D eigenvalue weighted by molar-refractivity contribution is 7.98. The molecule has 0 aliphatic rings. The monoisotopic (exact) mass is 316 g/mol. The molecule has 0 bridgehead atoms. The van der Waals surface area contributed by atoms with Gasteiger partial charge in [-0.1, -0.05) is 30.3 Å². The summed E-state index contributed by atoms with van der Waals surface area (Å²) < 4.78 is 5.25. The smallest absolute Gasteiger partial charge is 0.237 e. The van der Waals surface area contributed by atoms with Gasteiger partial charge in [-0.3, -0.25) is 0 Å². The van der Waals surface area contributed by atoms with Crippen LogP contribution in [0.2, 0.25) is 0 Å². The van der Waals surface area contributed by atoms with Gasteiger partial charge >= 0.3 is 0 Å². The number of aryl methyl sites for hydroxylation is 2. The zero-order chi connectivity index (χ0) is 16.1. The van der Waals surface area contributed by atoms with Gasteiger partial charge in [-0.25, -0.2) is 4.98 Å². The molecule has 0 radical (unpaired) electrons. The highest BCUT2D eigenvalue weighted by atomic mass is 32.2. The molecule has 0 amide bonds. The molecule has 2 heterocycles. The second-order valence-electron chi connectivity index (χ2n) is 5.24. The molecule has 116 valence electrons. The van der Waals surface area contributed by atoms with E-state index < -0.39 is 0 Å². The molecule has 0 atom stereocenters. The number of nitriles is 1. The van der Waals surface area contributed by atoms with E-state index in [4.69, 9.17) is 4.52 Å². The number of unbranched alkanes of at least 4 members (excludes halogenated alkanes) is 1. The van der Waals surface area contributed by atoms with Gasteiger partial charge in [-0.2, -0.15) is 10.2 Å². The maximum atomic E-state index is 9.36. The van der Waals surface area contributed by atoms with E-state index in [0.29, 0.717) is 17.2 Å². The van der Waals surface area contributed by atoms with Crippen molar-refractivity contribution in [1.82, 2.24) is 15.1 Å². The van der Waals surface area contributed by atoms with Gasteiger partial charge in [0, 0.05) is 12.1 Å². The Balaban J connectivity index is 2.12. The summed E-state index contributed by atoms with van der Waals surface area (Å²) >= 11 is 1.47. The highest BCUT2D eigenvalue weighted by Gasteiger charge is 2.14. The van der Waals surface area contributed by atoms with Crippen LogP contribution in [0, 0.1) is 32.1 Å². The lowest BCUT2D eigenvalue weighted by atomic mass is 10.1. The maximum Gasteiger partial charge on any atom is 0.237 e. The highest BCUT2D eigenvalue weighted by Crippen LogP contribution is 2.28. The molecule has 5 nitrogen and oxygen atoms in total. The number of aromatic nitrogens is 3. The second kappa shape index (κ2) is 7.41. The third-order valence-corrected chi connectivity index (χ3v) is 4.63. The Morgan fingerprint density at radius 2 is 1.95 bits per heavy atom. The van der Waals surface area contributed by atoms with Crippen molar-refractivity contribution in [3.8, 4) is 6.07 Å². The third-order valence-electron chi connectivity index (χ3n) is 3.67. The Bertz CT molecular complexity index is 703. The second-order valence-corrected chi connectivity index (χ2v) is 6.20. The summed E-state index contributed by atoms with van der Waals surface area (Å²) in [5.41, 5.74) is 3.65. The lowest BCUT2D eigenvalue weighted by molar-refractivity contribution is 0.384. The van der Waals surface area contributed by atoms with Crippen molar-refractivity contribution in [2.45, 2.75) is 57.7 Å². The molecule has 2 aromatic rings. The van der Waals surface area contributed by atoms with Crippen LogP contribution in [0.4, 0.5) is 0 Å². The predicted molar refractivity (Wildman–Crippen MR) is 85.6 cm³/mol. The van der Waals surface area contributed by atoms with Crippen molar-refractivity contribution in [2.75, 3.05) is 0 Å². The van der Waals surface area contributed by atoms with Crippen LogP contribution in [0.25, 0.3) is 0 Å². The van der Waals surface area contributed by atoms with Gasteiger partial charge in [0.25, 0.3) is 0 Å². The number of thioether (sulfide) groups is 1. The van der Waals surface area contributed by atoms with E-state index in [2.05, 4.69) is 28.1 Å². The summed E-state index contributed by atoms with van der Waals surface area (Å²) in [6, 6.07) is 2.25.